The van der Waals surface area contributed by atoms with Crippen LogP contribution in [0, 0.1) is 6.92 Å². The van der Waals surface area contributed by atoms with E-state index in [1.165, 1.54) is 25.7 Å². The van der Waals surface area contributed by atoms with E-state index < -0.39 is 0 Å². The molecule has 0 bridgehead atoms. The highest BCUT2D eigenvalue weighted by molar-refractivity contribution is 5.93. The number of methoxy groups -OCH3 is 1. The first-order valence-electron chi connectivity index (χ1n) is 10.0. The maximum atomic E-state index is 12.7. The minimum absolute atomic E-state index is 0.0665. The molecular formula is C21H26N6O2. The predicted octanol–water partition coefficient (Wildman–Crippen LogP) is 3.16. The Morgan fingerprint density at radius 3 is 2.72 bits per heavy atom. The fraction of sp³-hybridized carbons (Fsp3) is 0.429. The molecule has 1 fully saturated rings. The van der Waals surface area contributed by atoms with Crippen molar-refractivity contribution in [2.75, 3.05) is 30.4 Å². The van der Waals surface area contributed by atoms with Crippen LogP contribution in [0.2, 0.25) is 0 Å². The number of nitrogens with zero attached hydrogens (tertiary/aromatic N) is 5. The lowest BCUT2D eigenvalue weighted by Crippen LogP contribution is -2.25. The molecule has 0 saturated carbocycles. The first-order valence-corrected chi connectivity index (χ1v) is 10.0. The number of benzene rings is 1. The van der Waals surface area contributed by atoms with Crippen molar-refractivity contribution in [2.24, 2.45) is 0 Å². The predicted molar refractivity (Wildman–Crippen MR) is 112 cm³/mol. The van der Waals surface area contributed by atoms with Gasteiger partial charge in [0.25, 0.3) is 0 Å². The average molecular weight is 394 g/mol. The Hall–Kier alpha value is -3.16. The van der Waals surface area contributed by atoms with Crippen molar-refractivity contribution in [1.29, 1.82) is 0 Å². The number of anilines is 2. The zero-order valence-electron chi connectivity index (χ0n) is 16.9. The van der Waals surface area contributed by atoms with Gasteiger partial charge in [-0.2, -0.15) is 5.10 Å². The molecule has 0 aliphatic carbocycles. The summed E-state index contributed by atoms with van der Waals surface area (Å²) >= 11 is 0. The molecular weight excluding hydrogens is 368 g/mol. The first-order chi connectivity index (χ1) is 14.2. The highest BCUT2D eigenvalue weighted by Crippen LogP contribution is 2.27. The number of fused-ring (bicyclic) bond motifs is 1. The van der Waals surface area contributed by atoms with E-state index in [0.29, 0.717) is 17.1 Å². The van der Waals surface area contributed by atoms with E-state index in [4.69, 9.17) is 4.74 Å². The number of aryl methyl sites for hydroxylation is 1. The van der Waals surface area contributed by atoms with Gasteiger partial charge in [0.05, 0.1) is 24.4 Å². The van der Waals surface area contributed by atoms with Gasteiger partial charge in [0.1, 0.15) is 24.4 Å². The molecule has 1 saturated heterocycles. The summed E-state index contributed by atoms with van der Waals surface area (Å²) in [7, 11) is 1.59. The number of amides is 1. The molecule has 1 aliphatic heterocycles. The van der Waals surface area contributed by atoms with Gasteiger partial charge in [0, 0.05) is 13.1 Å². The normalized spacial score (nSPS) is 14.6. The smallest absolute Gasteiger partial charge is 0.246 e. The molecule has 152 valence electrons. The van der Waals surface area contributed by atoms with Gasteiger partial charge in [-0.1, -0.05) is 18.9 Å². The first kappa shape index (κ1) is 19.2. The van der Waals surface area contributed by atoms with Gasteiger partial charge in [-0.25, -0.2) is 14.6 Å². The van der Waals surface area contributed by atoms with Gasteiger partial charge in [0.15, 0.2) is 5.65 Å². The fourth-order valence-corrected chi connectivity index (χ4v) is 3.78. The molecule has 1 aliphatic rings. The van der Waals surface area contributed by atoms with Crippen LogP contribution < -0.4 is 15.0 Å². The van der Waals surface area contributed by atoms with Crippen LogP contribution in [-0.2, 0) is 11.3 Å². The summed E-state index contributed by atoms with van der Waals surface area (Å²) in [6.07, 6.45) is 8.16. The van der Waals surface area contributed by atoms with E-state index in [9.17, 15) is 4.79 Å². The number of hydrogen-bond acceptors (Lipinski definition) is 6. The zero-order valence-corrected chi connectivity index (χ0v) is 16.9. The minimum Gasteiger partial charge on any atom is -0.495 e. The lowest BCUT2D eigenvalue weighted by molar-refractivity contribution is -0.116. The van der Waals surface area contributed by atoms with Crippen LogP contribution in [0.1, 0.15) is 31.2 Å². The Morgan fingerprint density at radius 2 is 1.97 bits per heavy atom. The second kappa shape index (κ2) is 8.46. The molecule has 3 aromatic rings. The largest absolute Gasteiger partial charge is 0.495 e. The molecule has 0 spiro atoms. The summed E-state index contributed by atoms with van der Waals surface area (Å²) in [4.78, 5) is 23.9. The number of nitrogens with one attached hydrogen (secondary N) is 1. The van der Waals surface area contributed by atoms with E-state index in [2.05, 4.69) is 25.3 Å². The Balaban J connectivity index is 1.55. The van der Waals surface area contributed by atoms with E-state index >= 15 is 0 Å². The van der Waals surface area contributed by atoms with Crippen molar-refractivity contribution in [1.82, 2.24) is 19.7 Å². The van der Waals surface area contributed by atoms with Crippen molar-refractivity contribution in [2.45, 2.75) is 39.2 Å². The van der Waals surface area contributed by atoms with Gasteiger partial charge < -0.3 is 15.0 Å². The average Bonchev–Trinajstić information content (AvgIpc) is 2.94. The third-order valence-electron chi connectivity index (χ3n) is 5.24. The minimum atomic E-state index is -0.186. The molecule has 1 aromatic carbocycles. The quantitative estimate of drug-likeness (QED) is 0.715. The molecule has 8 nitrogen and oxygen atoms in total. The lowest BCUT2D eigenvalue weighted by atomic mass is 10.2. The molecule has 0 atom stereocenters. The number of aromatic nitrogens is 4. The van der Waals surface area contributed by atoms with Crippen molar-refractivity contribution >= 4 is 28.4 Å². The van der Waals surface area contributed by atoms with Crippen LogP contribution >= 0.6 is 0 Å². The second-order valence-electron chi connectivity index (χ2n) is 7.39. The molecule has 4 rings (SSSR count). The Labute approximate surface area is 169 Å². The number of ether oxygens (including phenoxy) is 1. The van der Waals surface area contributed by atoms with Crippen LogP contribution in [0.5, 0.6) is 5.75 Å². The van der Waals surface area contributed by atoms with Crippen LogP contribution in [0.15, 0.2) is 30.7 Å². The number of carbonyl (C=O) groups excluding carboxylic acids is 1. The molecule has 3 heterocycles. The maximum absolute atomic E-state index is 12.7. The summed E-state index contributed by atoms with van der Waals surface area (Å²) in [5.74, 6) is 1.35. The number of carbonyl (C=O) groups is 1. The van der Waals surface area contributed by atoms with Crippen molar-refractivity contribution in [3.63, 3.8) is 0 Å². The van der Waals surface area contributed by atoms with E-state index in [0.717, 1.165) is 29.9 Å². The highest BCUT2D eigenvalue weighted by atomic mass is 16.5. The summed E-state index contributed by atoms with van der Waals surface area (Å²) in [6, 6.07) is 5.67. The molecule has 1 N–H and O–H groups in total. The van der Waals surface area contributed by atoms with Gasteiger partial charge >= 0.3 is 0 Å². The van der Waals surface area contributed by atoms with Crippen molar-refractivity contribution in [3.05, 3.63) is 36.3 Å². The molecule has 0 unspecified atom stereocenters. The highest BCUT2D eigenvalue weighted by Gasteiger charge is 2.18. The summed E-state index contributed by atoms with van der Waals surface area (Å²) in [5, 5.41) is 8.21. The monoisotopic (exact) mass is 394 g/mol. The zero-order chi connectivity index (χ0) is 20.2. The third-order valence-corrected chi connectivity index (χ3v) is 5.24. The third kappa shape index (κ3) is 4.16. The van der Waals surface area contributed by atoms with Gasteiger partial charge in [-0.3, -0.25) is 4.79 Å². The Morgan fingerprint density at radius 1 is 1.17 bits per heavy atom. The summed E-state index contributed by atoms with van der Waals surface area (Å²) in [6.45, 7) is 4.02. The number of hydrogen-bond donors (Lipinski definition) is 1. The number of rotatable bonds is 5. The van der Waals surface area contributed by atoms with Crippen molar-refractivity contribution < 1.29 is 9.53 Å². The summed E-state index contributed by atoms with van der Waals surface area (Å²) < 4.78 is 6.96. The van der Waals surface area contributed by atoms with Crippen LogP contribution in [0.4, 0.5) is 11.5 Å². The van der Waals surface area contributed by atoms with E-state index in [1.54, 1.807) is 24.3 Å². The molecule has 0 radical (unpaired) electrons. The van der Waals surface area contributed by atoms with Crippen LogP contribution in [-0.4, -0.2) is 45.9 Å². The Bertz CT molecular complexity index is 1010. The summed E-state index contributed by atoms with van der Waals surface area (Å²) in [5.41, 5.74) is 2.36. The molecule has 2 aromatic heterocycles. The van der Waals surface area contributed by atoms with Gasteiger partial charge in [0.2, 0.25) is 5.91 Å². The van der Waals surface area contributed by atoms with E-state index in [1.807, 2.05) is 25.1 Å². The lowest BCUT2D eigenvalue weighted by Gasteiger charge is -2.21. The Kier molecular flexibility index (Phi) is 5.59. The van der Waals surface area contributed by atoms with Crippen LogP contribution in [0.3, 0.4) is 0 Å². The standard InChI is InChI=1S/C21H26N6O2/c1-15-7-8-18(29-2)17(11-15)25-19(28)13-27-21-16(12-24-27)20(22-14-23-21)26-9-5-3-4-6-10-26/h7-8,11-12,14H,3-6,9-10,13H2,1-2H3,(H,25,28). The maximum Gasteiger partial charge on any atom is 0.246 e. The molecule has 1 amide bonds. The topological polar surface area (TPSA) is 85.2 Å². The molecule has 8 heteroatoms. The second-order valence-corrected chi connectivity index (χ2v) is 7.39. The van der Waals surface area contributed by atoms with Crippen LogP contribution in [0.25, 0.3) is 11.0 Å². The van der Waals surface area contributed by atoms with E-state index in [-0.39, 0.29) is 12.5 Å². The fourth-order valence-electron chi connectivity index (χ4n) is 3.78. The molecule has 29 heavy (non-hydrogen) atoms. The van der Waals surface area contributed by atoms with Gasteiger partial charge in [-0.15, -0.1) is 0 Å². The van der Waals surface area contributed by atoms with Crippen molar-refractivity contribution in [3.8, 4) is 5.75 Å². The van der Waals surface area contributed by atoms with Gasteiger partial charge in [-0.05, 0) is 37.5 Å². The SMILES string of the molecule is COc1ccc(C)cc1NC(=O)Cn1ncc2c(N3CCCCCC3)ncnc21.